The molecule has 2 heterocycles. The molecular formula is C15H18N2O2. The van der Waals surface area contributed by atoms with Crippen molar-refractivity contribution in [3.05, 3.63) is 40.8 Å². The molecule has 1 saturated heterocycles. The second-order valence-corrected chi connectivity index (χ2v) is 5.18. The van der Waals surface area contributed by atoms with Gasteiger partial charge in [0.05, 0.1) is 0 Å². The van der Waals surface area contributed by atoms with Crippen molar-refractivity contribution in [2.24, 2.45) is 0 Å². The number of aromatic amines is 1. The fourth-order valence-corrected chi connectivity index (χ4v) is 2.63. The fraction of sp³-hybridized carbons (Fsp3) is 0.400. The number of fused-ring (bicyclic) bond motifs is 1. The third kappa shape index (κ3) is 2.63. The van der Waals surface area contributed by atoms with E-state index in [1.165, 1.54) is 0 Å². The second-order valence-electron chi connectivity index (χ2n) is 5.18. The number of H-pyrrole nitrogens is 1. The van der Waals surface area contributed by atoms with Gasteiger partial charge in [-0.25, -0.2) is 0 Å². The zero-order valence-electron chi connectivity index (χ0n) is 11.0. The molecule has 1 aliphatic rings. The lowest BCUT2D eigenvalue weighted by molar-refractivity contribution is 0.144. The van der Waals surface area contributed by atoms with Gasteiger partial charge in [-0.2, -0.15) is 0 Å². The minimum atomic E-state index is -0.0560. The molecule has 1 aromatic heterocycles. The van der Waals surface area contributed by atoms with Crippen LogP contribution in [0.15, 0.2) is 35.3 Å². The van der Waals surface area contributed by atoms with Crippen LogP contribution in [-0.2, 0) is 0 Å². The molecule has 0 amide bonds. The van der Waals surface area contributed by atoms with Crippen LogP contribution in [-0.4, -0.2) is 23.7 Å². The Bertz CT molecular complexity index is 635. The van der Waals surface area contributed by atoms with Crippen LogP contribution in [0.5, 0.6) is 5.75 Å². The third-order valence-corrected chi connectivity index (χ3v) is 3.62. The van der Waals surface area contributed by atoms with E-state index in [4.69, 9.17) is 4.74 Å². The van der Waals surface area contributed by atoms with Gasteiger partial charge in [-0.1, -0.05) is 0 Å². The lowest BCUT2D eigenvalue weighted by atomic mass is 10.0. The van der Waals surface area contributed by atoms with Gasteiger partial charge in [0.1, 0.15) is 11.9 Å². The quantitative estimate of drug-likeness (QED) is 0.866. The molecule has 0 saturated carbocycles. The summed E-state index contributed by atoms with van der Waals surface area (Å²) in [5.41, 5.74) is -0.0560. The Kier molecular flexibility index (Phi) is 3.25. The smallest absolute Gasteiger partial charge is 0.255 e. The van der Waals surface area contributed by atoms with Gasteiger partial charge >= 0.3 is 0 Å². The number of aromatic nitrogens is 1. The van der Waals surface area contributed by atoms with E-state index >= 15 is 0 Å². The van der Waals surface area contributed by atoms with Gasteiger partial charge in [-0.15, -0.1) is 0 Å². The van der Waals surface area contributed by atoms with E-state index in [1.54, 1.807) is 6.20 Å². The van der Waals surface area contributed by atoms with E-state index in [0.29, 0.717) is 11.4 Å². The molecule has 0 radical (unpaired) electrons. The van der Waals surface area contributed by atoms with Gasteiger partial charge in [0.15, 0.2) is 0 Å². The molecule has 0 bridgehead atoms. The van der Waals surface area contributed by atoms with Crippen molar-refractivity contribution in [1.82, 2.24) is 10.3 Å². The van der Waals surface area contributed by atoms with Gasteiger partial charge in [0, 0.05) is 17.6 Å². The molecule has 2 N–H and O–H groups in total. The summed E-state index contributed by atoms with van der Waals surface area (Å²) in [7, 11) is 0. The first-order chi connectivity index (χ1) is 9.22. The van der Waals surface area contributed by atoms with Crippen LogP contribution in [0.25, 0.3) is 10.8 Å². The van der Waals surface area contributed by atoms with Gasteiger partial charge in [-0.05, 0) is 56.0 Å². The Labute approximate surface area is 111 Å². The number of ether oxygens (including phenoxy) is 1. The van der Waals surface area contributed by atoms with E-state index in [2.05, 4.69) is 17.2 Å². The Morgan fingerprint density at radius 3 is 3.05 bits per heavy atom. The summed E-state index contributed by atoms with van der Waals surface area (Å²) in [4.78, 5) is 14.3. The van der Waals surface area contributed by atoms with Gasteiger partial charge < -0.3 is 15.0 Å². The summed E-state index contributed by atoms with van der Waals surface area (Å²) in [5, 5.41) is 5.03. The second kappa shape index (κ2) is 5.05. The minimum absolute atomic E-state index is 0.0560. The van der Waals surface area contributed by atoms with Crippen molar-refractivity contribution < 1.29 is 4.74 Å². The molecule has 2 atom stereocenters. The van der Waals surface area contributed by atoms with Crippen LogP contribution in [0.4, 0.5) is 0 Å². The molecule has 0 spiro atoms. The number of benzene rings is 1. The van der Waals surface area contributed by atoms with E-state index in [1.807, 2.05) is 24.3 Å². The number of nitrogens with one attached hydrogen (secondary N) is 2. The zero-order chi connectivity index (χ0) is 13.2. The standard InChI is InChI=1S/C15H18N2O2/c1-10-8-13(5-7-16-10)19-12-2-3-14-11(9-12)4-6-17-15(14)18/h2-4,6,9-10,13,16H,5,7-8H2,1H3,(H,17,18). The third-order valence-electron chi connectivity index (χ3n) is 3.62. The monoisotopic (exact) mass is 258 g/mol. The van der Waals surface area contributed by atoms with E-state index in [0.717, 1.165) is 30.5 Å². The van der Waals surface area contributed by atoms with Crippen LogP contribution in [0, 0.1) is 0 Å². The number of pyridine rings is 1. The number of rotatable bonds is 2. The molecule has 2 unspecified atom stereocenters. The minimum Gasteiger partial charge on any atom is -0.490 e. The molecule has 4 heteroatoms. The van der Waals surface area contributed by atoms with Crippen molar-refractivity contribution >= 4 is 10.8 Å². The van der Waals surface area contributed by atoms with E-state index in [9.17, 15) is 4.79 Å². The van der Waals surface area contributed by atoms with Crippen molar-refractivity contribution in [3.8, 4) is 5.75 Å². The maximum absolute atomic E-state index is 11.6. The Morgan fingerprint density at radius 1 is 1.32 bits per heavy atom. The Hall–Kier alpha value is -1.81. The summed E-state index contributed by atoms with van der Waals surface area (Å²) in [6.45, 7) is 3.18. The van der Waals surface area contributed by atoms with Gasteiger partial charge in [-0.3, -0.25) is 4.79 Å². The van der Waals surface area contributed by atoms with Crippen molar-refractivity contribution in [2.75, 3.05) is 6.54 Å². The average Bonchev–Trinajstić information content (AvgIpc) is 2.39. The first-order valence-corrected chi connectivity index (χ1v) is 6.74. The molecule has 4 nitrogen and oxygen atoms in total. The fourth-order valence-electron chi connectivity index (χ4n) is 2.63. The highest BCUT2D eigenvalue weighted by molar-refractivity contribution is 5.82. The molecule has 2 aromatic rings. The summed E-state index contributed by atoms with van der Waals surface area (Å²) in [5.74, 6) is 0.845. The van der Waals surface area contributed by atoms with Gasteiger partial charge in [0.2, 0.25) is 0 Å². The molecule has 1 aliphatic heterocycles. The molecule has 1 fully saturated rings. The first kappa shape index (κ1) is 12.2. The molecule has 19 heavy (non-hydrogen) atoms. The average molecular weight is 258 g/mol. The summed E-state index contributed by atoms with van der Waals surface area (Å²) >= 11 is 0. The van der Waals surface area contributed by atoms with Crippen molar-refractivity contribution in [2.45, 2.75) is 31.9 Å². The van der Waals surface area contributed by atoms with Gasteiger partial charge in [0.25, 0.3) is 5.56 Å². The molecular weight excluding hydrogens is 240 g/mol. The number of hydrogen-bond donors (Lipinski definition) is 2. The van der Waals surface area contributed by atoms with Crippen LogP contribution in [0.2, 0.25) is 0 Å². The molecule has 1 aromatic carbocycles. The first-order valence-electron chi connectivity index (χ1n) is 6.74. The Morgan fingerprint density at radius 2 is 2.21 bits per heavy atom. The number of piperidine rings is 1. The van der Waals surface area contributed by atoms with Crippen LogP contribution in [0.3, 0.4) is 0 Å². The summed E-state index contributed by atoms with van der Waals surface area (Å²) in [6.07, 6.45) is 3.97. The van der Waals surface area contributed by atoms with Crippen molar-refractivity contribution in [3.63, 3.8) is 0 Å². The zero-order valence-corrected chi connectivity index (χ0v) is 11.0. The van der Waals surface area contributed by atoms with Crippen LogP contribution >= 0.6 is 0 Å². The van der Waals surface area contributed by atoms with Crippen LogP contribution < -0.4 is 15.6 Å². The summed E-state index contributed by atoms with van der Waals surface area (Å²) in [6, 6.07) is 8.05. The highest BCUT2D eigenvalue weighted by Gasteiger charge is 2.19. The predicted octanol–water partition coefficient (Wildman–Crippen LogP) is 2.05. The molecule has 3 rings (SSSR count). The lowest BCUT2D eigenvalue weighted by Gasteiger charge is -2.28. The van der Waals surface area contributed by atoms with Crippen LogP contribution in [0.1, 0.15) is 19.8 Å². The SMILES string of the molecule is CC1CC(Oc2ccc3c(=O)[nH]ccc3c2)CCN1. The highest BCUT2D eigenvalue weighted by Crippen LogP contribution is 2.22. The molecule has 0 aliphatic carbocycles. The maximum atomic E-state index is 11.6. The highest BCUT2D eigenvalue weighted by atomic mass is 16.5. The summed E-state index contributed by atoms with van der Waals surface area (Å²) < 4.78 is 6.02. The normalized spacial score (nSPS) is 23.4. The van der Waals surface area contributed by atoms with Crippen molar-refractivity contribution in [1.29, 1.82) is 0 Å². The van der Waals surface area contributed by atoms with E-state index in [-0.39, 0.29) is 11.7 Å². The largest absolute Gasteiger partial charge is 0.490 e. The Balaban J connectivity index is 1.83. The van der Waals surface area contributed by atoms with E-state index < -0.39 is 0 Å². The number of hydrogen-bond acceptors (Lipinski definition) is 3. The molecule has 100 valence electrons. The predicted molar refractivity (Wildman–Crippen MR) is 75.7 cm³/mol. The topological polar surface area (TPSA) is 54.1 Å². The lowest BCUT2D eigenvalue weighted by Crippen LogP contribution is -2.40. The maximum Gasteiger partial charge on any atom is 0.255 e.